The number of hydrogen-bond acceptors (Lipinski definition) is 0. The minimum absolute atomic E-state index is 0.220. The molecule has 1 N–H and O–H groups in total. The number of halogens is 1. The van der Waals surface area contributed by atoms with E-state index in [1.165, 1.54) is 149 Å². The quantitative estimate of drug-likeness (QED) is 0.164. The van der Waals surface area contributed by atoms with Crippen LogP contribution in [0.5, 0.6) is 0 Å². The third-order valence-corrected chi connectivity index (χ3v) is 18.6. The van der Waals surface area contributed by atoms with Gasteiger partial charge in [-0.3, -0.25) is 0 Å². The molecule has 0 saturated heterocycles. The van der Waals surface area contributed by atoms with Crippen LogP contribution in [-0.4, -0.2) is 9.55 Å². The molecule has 14 aromatic carbocycles. The summed E-state index contributed by atoms with van der Waals surface area (Å²) in [4.78, 5) is 3.53. The fourth-order valence-corrected chi connectivity index (χ4v) is 14.4. The molecular weight excluding hydrogens is 1140 g/mol. The molecule has 420 valence electrons. The van der Waals surface area contributed by atoms with Crippen molar-refractivity contribution < 1.29 is 0 Å². The first-order valence-corrected chi connectivity index (χ1v) is 31.4. The van der Waals surface area contributed by atoms with E-state index in [1.807, 2.05) is 18.2 Å². The minimum Gasteiger partial charge on any atom is -0.355 e. The first-order valence-electron chi connectivity index (χ1n) is 30.6. The summed E-state index contributed by atoms with van der Waals surface area (Å²) in [7, 11) is 0. The highest BCUT2D eigenvalue weighted by molar-refractivity contribution is 9.10. The second-order valence-corrected chi connectivity index (χ2v) is 24.2. The number of benzene rings is 14. The number of rotatable bonds is 7. The molecule has 0 amide bonds. The van der Waals surface area contributed by atoms with Crippen LogP contribution < -0.4 is 0 Å². The topological polar surface area (TPSA) is 20.7 Å². The molecule has 2 heterocycles. The SMILES string of the molecule is Brc1cccc(-c2ccccc2)c1.c1ccc(-c2cccc(C3c4ccccc4-c4cc(-c5ccc6c(c5)-c5ccccc5C6c5ccccc5)ccc43)c2)cc1.c1ccc(-n2c3ccccc3c3cc(-c4ccc5[nH]c6ccccc6c5c4)ccc32)cc1. The van der Waals surface area contributed by atoms with Crippen molar-refractivity contribution in [2.45, 2.75) is 11.8 Å². The molecule has 2 nitrogen and oxygen atoms in total. The van der Waals surface area contributed by atoms with E-state index in [4.69, 9.17) is 0 Å². The Morgan fingerprint density at radius 1 is 0.247 bits per heavy atom. The Kier molecular flexibility index (Phi) is 13.9. The van der Waals surface area contributed by atoms with Gasteiger partial charge in [-0.25, -0.2) is 0 Å². The number of nitrogens with one attached hydrogen (secondary N) is 1. The Morgan fingerprint density at radius 3 is 1.33 bits per heavy atom. The third-order valence-electron chi connectivity index (χ3n) is 18.1. The summed E-state index contributed by atoms with van der Waals surface area (Å²) in [6, 6.07) is 123. The summed E-state index contributed by atoms with van der Waals surface area (Å²) < 4.78 is 3.48. The molecule has 2 aromatic heterocycles. The van der Waals surface area contributed by atoms with Crippen LogP contribution in [0.2, 0.25) is 0 Å². The number of nitrogens with zero attached hydrogens (tertiary/aromatic N) is 1. The number of fused-ring (bicyclic) bond motifs is 12. The van der Waals surface area contributed by atoms with Crippen molar-refractivity contribution in [1.29, 1.82) is 0 Å². The standard InChI is InChI=1S/C44H30.C30H20N2.C12H9Br/c1-3-12-29(13-4-1)31-16-11-17-34(26-31)44-38-21-10-8-19-36(38)42-28-33(23-25-40(42)44)32-22-24-39-41(27-32)35-18-7-9-20-37(35)43(39)30-14-5-2-6-15-30;1-2-8-22(9-3-1)32-29-13-7-5-11-24(29)26-19-21(15-17-30(26)32)20-14-16-28-25(18-20)23-10-4-6-12-27(23)31-28;13-12-8-4-7-11(9-12)10-5-2-1-3-6-10/h1-28,43-44H;1-19,31H;1-9H. The molecule has 18 rings (SSSR count). The summed E-state index contributed by atoms with van der Waals surface area (Å²) in [5.41, 5.74) is 29.7. The molecule has 0 saturated carbocycles. The van der Waals surface area contributed by atoms with Gasteiger partial charge in [0.05, 0.1) is 11.0 Å². The van der Waals surface area contributed by atoms with Crippen molar-refractivity contribution in [1.82, 2.24) is 9.55 Å². The number of H-pyrrole nitrogens is 1. The lowest BCUT2D eigenvalue weighted by atomic mass is 9.87. The molecule has 2 unspecified atom stereocenters. The van der Waals surface area contributed by atoms with Crippen LogP contribution in [0.25, 0.3) is 116 Å². The van der Waals surface area contributed by atoms with Gasteiger partial charge in [-0.1, -0.05) is 283 Å². The van der Waals surface area contributed by atoms with Crippen molar-refractivity contribution in [3.63, 3.8) is 0 Å². The van der Waals surface area contributed by atoms with Gasteiger partial charge in [0.2, 0.25) is 0 Å². The lowest BCUT2D eigenvalue weighted by Gasteiger charge is -2.16. The van der Waals surface area contributed by atoms with E-state index in [9.17, 15) is 0 Å². The highest BCUT2D eigenvalue weighted by Crippen LogP contribution is 2.52. The molecule has 3 heteroatoms. The van der Waals surface area contributed by atoms with Gasteiger partial charge in [0.25, 0.3) is 0 Å². The Morgan fingerprint density at radius 2 is 0.674 bits per heavy atom. The van der Waals surface area contributed by atoms with Crippen LogP contribution in [0.15, 0.2) is 344 Å². The smallest absolute Gasteiger partial charge is 0.0541 e. The van der Waals surface area contributed by atoms with E-state index in [0.717, 1.165) is 4.47 Å². The van der Waals surface area contributed by atoms with E-state index in [2.05, 4.69) is 347 Å². The molecule has 0 aliphatic heterocycles. The summed E-state index contributed by atoms with van der Waals surface area (Å²) >= 11 is 3.46. The lowest BCUT2D eigenvalue weighted by Crippen LogP contribution is -1.99. The molecule has 2 atom stereocenters. The maximum absolute atomic E-state index is 3.53. The van der Waals surface area contributed by atoms with Crippen molar-refractivity contribution in [3.8, 4) is 72.4 Å². The molecule has 2 aliphatic rings. The predicted molar refractivity (Wildman–Crippen MR) is 378 cm³/mol. The van der Waals surface area contributed by atoms with Gasteiger partial charge in [0.15, 0.2) is 0 Å². The van der Waals surface area contributed by atoms with Crippen LogP contribution in [0.1, 0.15) is 45.2 Å². The zero-order chi connectivity index (χ0) is 59.2. The van der Waals surface area contributed by atoms with Crippen LogP contribution in [0.4, 0.5) is 0 Å². The number of aromatic nitrogens is 2. The second-order valence-electron chi connectivity index (χ2n) is 23.3. The maximum atomic E-state index is 3.53. The molecular formula is C86H59BrN2. The van der Waals surface area contributed by atoms with Gasteiger partial charge in [-0.2, -0.15) is 0 Å². The van der Waals surface area contributed by atoms with Crippen molar-refractivity contribution in [2.75, 3.05) is 0 Å². The first kappa shape index (κ1) is 53.6. The minimum atomic E-state index is 0.220. The zero-order valence-electron chi connectivity index (χ0n) is 48.8. The Labute approximate surface area is 527 Å². The van der Waals surface area contributed by atoms with Crippen molar-refractivity contribution in [2.24, 2.45) is 0 Å². The zero-order valence-corrected chi connectivity index (χ0v) is 50.4. The van der Waals surface area contributed by atoms with Crippen LogP contribution in [-0.2, 0) is 0 Å². The van der Waals surface area contributed by atoms with E-state index in [1.54, 1.807) is 0 Å². The Hall–Kier alpha value is -10.8. The normalized spacial score (nSPS) is 13.4. The van der Waals surface area contributed by atoms with Gasteiger partial charge < -0.3 is 9.55 Å². The van der Waals surface area contributed by atoms with Gasteiger partial charge >= 0.3 is 0 Å². The van der Waals surface area contributed by atoms with Crippen molar-refractivity contribution >= 4 is 59.5 Å². The lowest BCUT2D eigenvalue weighted by molar-refractivity contribution is 1.01. The average Bonchev–Trinajstić information content (AvgIpc) is 3.65. The number of para-hydroxylation sites is 3. The fraction of sp³-hybridized carbons (Fsp3) is 0.0233. The van der Waals surface area contributed by atoms with Crippen LogP contribution in [0.3, 0.4) is 0 Å². The predicted octanol–water partition coefficient (Wildman–Crippen LogP) is 23.5. The monoisotopic (exact) mass is 1200 g/mol. The largest absolute Gasteiger partial charge is 0.355 e. The fourth-order valence-electron chi connectivity index (χ4n) is 14.0. The molecule has 0 fully saturated rings. The molecule has 0 bridgehead atoms. The summed E-state index contributed by atoms with van der Waals surface area (Å²) in [6.45, 7) is 0. The van der Waals surface area contributed by atoms with E-state index in [0.29, 0.717) is 0 Å². The number of aromatic amines is 1. The molecule has 16 aromatic rings. The molecule has 0 radical (unpaired) electrons. The van der Waals surface area contributed by atoms with Gasteiger partial charge in [0.1, 0.15) is 0 Å². The van der Waals surface area contributed by atoms with Gasteiger partial charge in [-0.05, 0) is 173 Å². The third kappa shape index (κ3) is 9.96. The van der Waals surface area contributed by atoms with Crippen LogP contribution >= 0.6 is 15.9 Å². The van der Waals surface area contributed by atoms with Crippen molar-refractivity contribution in [3.05, 3.63) is 378 Å². The highest BCUT2D eigenvalue weighted by atomic mass is 79.9. The molecule has 0 spiro atoms. The summed E-state index contributed by atoms with van der Waals surface area (Å²) in [6.07, 6.45) is 0. The van der Waals surface area contributed by atoms with E-state index >= 15 is 0 Å². The molecule has 89 heavy (non-hydrogen) atoms. The number of hydrogen-bond donors (Lipinski definition) is 1. The Bertz CT molecular complexity index is 5270. The maximum Gasteiger partial charge on any atom is 0.0541 e. The van der Waals surface area contributed by atoms with Gasteiger partial charge in [0, 0.05) is 54.6 Å². The van der Waals surface area contributed by atoms with Crippen LogP contribution in [0, 0.1) is 0 Å². The average molecular weight is 1200 g/mol. The van der Waals surface area contributed by atoms with E-state index < -0.39 is 0 Å². The van der Waals surface area contributed by atoms with E-state index in [-0.39, 0.29) is 11.8 Å². The summed E-state index contributed by atoms with van der Waals surface area (Å²) in [5.74, 6) is 0.494. The summed E-state index contributed by atoms with van der Waals surface area (Å²) in [5, 5.41) is 5.10. The van der Waals surface area contributed by atoms with Gasteiger partial charge in [-0.15, -0.1) is 0 Å². The highest BCUT2D eigenvalue weighted by Gasteiger charge is 2.32. The molecule has 2 aliphatic carbocycles. The Balaban J connectivity index is 0.000000123. The first-order chi connectivity index (χ1) is 44.1. The second kappa shape index (κ2) is 23.1.